The fourth-order valence-corrected chi connectivity index (χ4v) is 2.84. The summed E-state index contributed by atoms with van der Waals surface area (Å²) < 4.78 is 90.8. The number of nitrogens with one attached hydrogen (secondary N) is 1. The van der Waals surface area contributed by atoms with Crippen LogP contribution in [0.5, 0.6) is 0 Å². The number of hydrogen-bond acceptors (Lipinski definition) is 1. The van der Waals surface area contributed by atoms with Gasteiger partial charge in [-0.05, 0) is 28.1 Å². The first-order chi connectivity index (χ1) is 10.8. The highest BCUT2D eigenvalue weighted by atomic mass is 79.9. The van der Waals surface area contributed by atoms with Crippen LogP contribution in [0.1, 0.15) is 11.1 Å². The summed E-state index contributed by atoms with van der Waals surface area (Å²) in [6.45, 7) is 0. The molecule has 2 aromatic rings. The van der Waals surface area contributed by atoms with E-state index in [1.165, 1.54) is 0 Å². The van der Waals surface area contributed by atoms with Crippen LogP contribution in [-0.2, 0) is 12.4 Å². The van der Waals surface area contributed by atoms with E-state index in [-0.39, 0.29) is 12.1 Å². The predicted octanol–water partition coefficient (Wildman–Crippen LogP) is 5.63. The van der Waals surface area contributed by atoms with E-state index in [1.807, 2.05) is 4.98 Å². The van der Waals surface area contributed by atoms with E-state index < -0.39 is 55.5 Å². The molecular weight excluding hydrogens is 434 g/mol. The number of hydrogen-bond donors (Lipinski definition) is 1. The molecule has 0 bridgehead atoms. The summed E-state index contributed by atoms with van der Waals surface area (Å²) in [4.78, 5) is 13.7. The summed E-state index contributed by atoms with van der Waals surface area (Å²) in [5, 5.41) is -0.976. The van der Waals surface area contributed by atoms with Gasteiger partial charge in [0.25, 0.3) is 5.56 Å². The molecule has 0 fully saturated rings. The van der Waals surface area contributed by atoms with Crippen LogP contribution in [0.15, 0.2) is 27.6 Å². The van der Waals surface area contributed by atoms with Gasteiger partial charge in [0.2, 0.25) is 0 Å². The number of rotatable bonds is 1. The monoisotopic (exact) mass is 437 g/mol. The number of aromatic nitrogens is 1. The predicted molar refractivity (Wildman–Crippen MR) is 75.2 cm³/mol. The molecule has 1 aromatic heterocycles. The lowest BCUT2D eigenvalue weighted by molar-refractivity contribution is -0.138. The Morgan fingerprint density at radius 1 is 1.00 bits per heavy atom. The maximum absolute atomic E-state index is 14.1. The highest BCUT2D eigenvalue weighted by Crippen LogP contribution is 2.43. The molecule has 0 unspecified atom stereocenters. The van der Waals surface area contributed by atoms with Gasteiger partial charge in [0.15, 0.2) is 0 Å². The minimum absolute atomic E-state index is 0.0261. The molecule has 2 nitrogen and oxygen atoms in total. The fourth-order valence-electron chi connectivity index (χ4n) is 2.00. The summed E-state index contributed by atoms with van der Waals surface area (Å²) in [7, 11) is 0. The minimum atomic E-state index is -5.08. The van der Waals surface area contributed by atoms with Crippen LogP contribution in [0.3, 0.4) is 0 Å². The van der Waals surface area contributed by atoms with Crippen LogP contribution in [0, 0.1) is 5.82 Å². The first kappa shape index (κ1) is 18.8. The van der Waals surface area contributed by atoms with Crippen molar-refractivity contribution in [2.75, 3.05) is 0 Å². The molecule has 11 heteroatoms. The van der Waals surface area contributed by atoms with Crippen LogP contribution < -0.4 is 5.56 Å². The van der Waals surface area contributed by atoms with Gasteiger partial charge < -0.3 is 4.98 Å². The van der Waals surface area contributed by atoms with Gasteiger partial charge in [-0.2, -0.15) is 26.3 Å². The Balaban J connectivity index is 2.89. The van der Waals surface area contributed by atoms with Gasteiger partial charge in [0.05, 0.1) is 21.7 Å². The van der Waals surface area contributed by atoms with Gasteiger partial charge >= 0.3 is 12.4 Å². The standard InChI is InChI=1S/C13H4BrClF7NO/c14-5-3-23-11(24)9(10(5)13(20,21)22)8-6(15)1-4(2-7(8)16)12(17,18)19/h1-3H,(H,23,24). The molecule has 0 radical (unpaired) electrons. The van der Waals surface area contributed by atoms with E-state index in [0.29, 0.717) is 6.20 Å². The lowest BCUT2D eigenvalue weighted by atomic mass is 9.99. The molecule has 0 saturated heterocycles. The Morgan fingerprint density at radius 3 is 2.04 bits per heavy atom. The topological polar surface area (TPSA) is 32.9 Å². The number of alkyl halides is 6. The number of pyridine rings is 1. The summed E-state index contributed by atoms with van der Waals surface area (Å²) in [6.07, 6.45) is -9.36. The molecule has 0 saturated carbocycles. The molecule has 130 valence electrons. The number of aromatic amines is 1. The maximum Gasteiger partial charge on any atom is 0.418 e. The van der Waals surface area contributed by atoms with Gasteiger partial charge in [0, 0.05) is 16.2 Å². The molecule has 0 aliphatic rings. The Bertz CT molecular complexity index is 834. The lowest BCUT2D eigenvalue weighted by Crippen LogP contribution is -2.19. The molecule has 1 aromatic carbocycles. The van der Waals surface area contributed by atoms with Crippen molar-refractivity contribution in [2.24, 2.45) is 0 Å². The minimum Gasteiger partial charge on any atom is -0.327 e. The van der Waals surface area contributed by atoms with Crippen LogP contribution >= 0.6 is 27.5 Å². The summed E-state index contributed by atoms with van der Waals surface area (Å²) >= 11 is 8.12. The van der Waals surface area contributed by atoms with E-state index in [9.17, 15) is 35.5 Å². The second-order valence-electron chi connectivity index (χ2n) is 4.53. The second-order valence-corrected chi connectivity index (χ2v) is 5.79. The molecule has 0 aliphatic carbocycles. The summed E-state index contributed by atoms with van der Waals surface area (Å²) in [5.74, 6) is -1.70. The third-order valence-electron chi connectivity index (χ3n) is 2.95. The van der Waals surface area contributed by atoms with Gasteiger partial charge in [-0.25, -0.2) is 4.39 Å². The highest BCUT2D eigenvalue weighted by molar-refractivity contribution is 9.10. The molecule has 1 heterocycles. The smallest absolute Gasteiger partial charge is 0.327 e. The molecule has 0 aliphatic heterocycles. The van der Waals surface area contributed by atoms with E-state index in [4.69, 9.17) is 11.6 Å². The van der Waals surface area contributed by atoms with E-state index in [2.05, 4.69) is 15.9 Å². The zero-order valence-corrected chi connectivity index (χ0v) is 13.4. The Kier molecular flexibility index (Phi) is 4.75. The normalized spacial score (nSPS) is 12.5. The summed E-state index contributed by atoms with van der Waals surface area (Å²) in [6, 6.07) is 0.224. The van der Waals surface area contributed by atoms with Crippen molar-refractivity contribution in [3.8, 4) is 11.1 Å². The fraction of sp³-hybridized carbons (Fsp3) is 0.154. The van der Waals surface area contributed by atoms with Crippen molar-refractivity contribution in [3.63, 3.8) is 0 Å². The van der Waals surface area contributed by atoms with Gasteiger partial charge in [-0.3, -0.25) is 4.79 Å². The van der Waals surface area contributed by atoms with Crippen LogP contribution in [0.25, 0.3) is 11.1 Å². The highest BCUT2D eigenvalue weighted by Gasteiger charge is 2.40. The first-order valence-electron chi connectivity index (χ1n) is 5.89. The molecule has 0 spiro atoms. The SMILES string of the molecule is O=c1[nH]cc(Br)c(C(F)(F)F)c1-c1c(F)cc(C(F)(F)F)cc1Cl. The zero-order chi connectivity index (χ0) is 18.4. The third-order valence-corrected chi connectivity index (χ3v) is 3.87. The largest absolute Gasteiger partial charge is 0.418 e. The number of halogens is 9. The van der Waals surface area contributed by atoms with Crippen molar-refractivity contribution in [3.05, 3.63) is 55.1 Å². The van der Waals surface area contributed by atoms with E-state index in [1.54, 1.807) is 0 Å². The lowest BCUT2D eigenvalue weighted by Gasteiger charge is -2.16. The second kappa shape index (κ2) is 6.07. The van der Waals surface area contributed by atoms with Crippen molar-refractivity contribution in [1.82, 2.24) is 4.98 Å². The molecule has 0 amide bonds. The molecule has 24 heavy (non-hydrogen) atoms. The third kappa shape index (κ3) is 3.44. The summed E-state index contributed by atoms with van der Waals surface area (Å²) in [5.41, 5.74) is -6.68. The van der Waals surface area contributed by atoms with Crippen LogP contribution in [0.4, 0.5) is 30.7 Å². The van der Waals surface area contributed by atoms with Crippen molar-refractivity contribution in [2.45, 2.75) is 12.4 Å². The van der Waals surface area contributed by atoms with Crippen LogP contribution in [0.2, 0.25) is 5.02 Å². The zero-order valence-electron chi connectivity index (χ0n) is 11.0. The molecule has 1 N–H and O–H groups in total. The number of benzene rings is 1. The Labute approximate surface area is 142 Å². The van der Waals surface area contributed by atoms with Crippen molar-refractivity contribution < 1.29 is 30.7 Å². The molecular formula is C13H4BrClF7NO. The van der Waals surface area contributed by atoms with Crippen molar-refractivity contribution in [1.29, 1.82) is 0 Å². The number of H-pyrrole nitrogens is 1. The van der Waals surface area contributed by atoms with E-state index >= 15 is 0 Å². The quantitative estimate of drug-likeness (QED) is 0.575. The Hall–Kier alpha value is -1.55. The van der Waals surface area contributed by atoms with Gasteiger partial charge in [-0.15, -0.1) is 0 Å². The first-order valence-corrected chi connectivity index (χ1v) is 7.06. The average molecular weight is 439 g/mol. The molecule has 2 rings (SSSR count). The molecule has 0 atom stereocenters. The average Bonchev–Trinajstić information content (AvgIpc) is 2.39. The van der Waals surface area contributed by atoms with Gasteiger partial charge in [0.1, 0.15) is 5.82 Å². The van der Waals surface area contributed by atoms with Crippen molar-refractivity contribution >= 4 is 27.5 Å². The maximum atomic E-state index is 14.1. The van der Waals surface area contributed by atoms with E-state index in [0.717, 1.165) is 0 Å². The Morgan fingerprint density at radius 2 is 1.58 bits per heavy atom. The van der Waals surface area contributed by atoms with Crippen LogP contribution in [-0.4, -0.2) is 4.98 Å². The van der Waals surface area contributed by atoms with Gasteiger partial charge in [-0.1, -0.05) is 11.6 Å².